The van der Waals surface area contributed by atoms with Crippen molar-refractivity contribution in [1.29, 1.82) is 0 Å². The molecule has 0 unspecified atom stereocenters. The highest BCUT2D eigenvalue weighted by Crippen LogP contribution is 2.42. The van der Waals surface area contributed by atoms with Crippen LogP contribution in [0.15, 0.2) is 35.5 Å². The fourth-order valence-corrected chi connectivity index (χ4v) is 5.30. The number of anilines is 1. The molecule has 1 aromatic carbocycles. The van der Waals surface area contributed by atoms with Gasteiger partial charge in [-0.2, -0.15) is 0 Å². The number of hydrogen-bond acceptors (Lipinski definition) is 6. The molecule has 0 bridgehead atoms. The Balaban J connectivity index is 1.67. The fraction of sp³-hybridized carbons (Fsp3) is 0.455. The van der Waals surface area contributed by atoms with Crippen molar-refractivity contribution in [1.82, 2.24) is 9.97 Å². The second kappa shape index (κ2) is 8.39. The molecule has 1 aliphatic heterocycles. The summed E-state index contributed by atoms with van der Waals surface area (Å²) in [5.74, 6) is 1.95. The average molecular weight is 414 g/mol. The summed E-state index contributed by atoms with van der Waals surface area (Å²) in [5, 5.41) is 5.68. The van der Waals surface area contributed by atoms with Crippen molar-refractivity contribution in [2.45, 2.75) is 57.4 Å². The van der Waals surface area contributed by atoms with Gasteiger partial charge in [-0.25, -0.2) is 9.97 Å². The van der Waals surface area contributed by atoms with E-state index in [9.17, 15) is 0 Å². The topological polar surface area (TPSA) is 47.0 Å². The van der Waals surface area contributed by atoms with E-state index < -0.39 is 0 Å². The fourth-order valence-electron chi connectivity index (χ4n) is 3.57. The summed E-state index contributed by atoms with van der Waals surface area (Å²) in [6.45, 7) is 8.09. The van der Waals surface area contributed by atoms with E-state index in [1.807, 2.05) is 0 Å². The number of benzene rings is 1. The quantitative estimate of drug-likeness (QED) is 0.398. The van der Waals surface area contributed by atoms with Crippen molar-refractivity contribution in [2.75, 3.05) is 17.6 Å². The molecule has 4 nitrogen and oxygen atoms in total. The predicted octanol–water partition coefficient (Wildman–Crippen LogP) is 5.70. The summed E-state index contributed by atoms with van der Waals surface area (Å²) >= 11 is 3.46. The van der Waals surface area contributed by atoms with Crippen LogP contribution >= 0.6 is 23.1 Å². The van der Waals surface area contributed by atoms with Gasteiger partial charge in [0.05, 0.1) is 17.6 Å². The van der Waals surface area contributed by atoms with E-state index in [0.717, 1.165) is 47.4 Å². The second-order valence-corrected chi connectivity index (χ2v) is 9.72. The van der Waals surface area contributed by atoms with Gasteiger partial charge in [0.1, 0.15) is 10.6 Å². The van der Waals surface area contributed by atoms with Gasteiger partial charge in [0, 0.05) is 17.8 Å². The van der Waals surface area contributed by atoms with E-state index in [4.69, 9.17) is 14.7 Å². The first kappa shape index (κ1) is 19.7. The van der Waals surface area contributed by atoms with Crippen molar-refractivity contribution in [3.8, 4) is 0 Å². The Morgan fingerprint density at radius 2 is 2.04 bits per heavy atom. The number of thioether (sulfide) groups is 1. The number of hydrogen-bond donors (Lipinski definition) is 1. The highest BCUT2D eigenvalue weighted by atomic mass is 32.2. The van der Waals surface area contributed by atoms with Gasteiger partial charge in [0.15, 0.2) is 5.16 Å². The predicted molar refractivity (Wildman–Crippen MR) is 120 cm³/mol. The zero-order valence-electron chi connectivity index (χ0n) is 16.7. The lowest BCUT2D eigenvalue weighted by molar-refractivity contribution is -0.0542. The Hall–Kier alpha value is -1.63. The van der Waals surface area contributed by atoms with E-state index in [1.165, 1.54) is 21.4 Å². The molecule has 3 heterocycles. The maximum absolute atomic E-state index is 6.16. The molecular weight excluding hydrogens is 386 g/mol. The molecule has 0 radical (unpaired) electrons. The summed E-state index contributed by atoms with van der Waals surface area (Å²) < 4.78 is 6.16. The Labute approximate surface area is 175 Å². The number of nitrogens with zero attached hydrogens (tertiary/aromatic N) is 2. The first-order valence-electron chi connectivity index (χ1n) is 9.98. The van der Waals surface area contributed by atoms with Gasteiger partial charge in [-0.3, -0.25) is 0 Å². The van der Waals surface area contributed by atoms with Gasteiger partial charge >= 0.3 is 0 Å². The van der Waals surface area contributed by atoms with Crippen LogP contribution in [0.25, 0.3) is 10.2 Å². The second-order valence-electron chi connectivity index (χ2n) is 7.40. The number of fused-ring (bicyclic) bond motifs is 3. The molecule has 148 valence electrons. The van der Waals surface area contributed by atoms with Gasteiger partial charge in [-0.1, -0.05) is 55.9 Å². The smallest absolute Gasteiger partial charge is 0.190 e. The van der Waals surface area contributed by atoms with Gasteiger partial charge in [-0.15, -0.1) is 11.3 Å². The minimum absolute atomic E-state index is 0.0981. The van der Waals surface area contributed by atoms with Crippen LogP contribution in [-0.4, -0.2) is 27.9 Å². The van der Waals surface area contributed by atoms with E-state index in [-0.39, 0.29) is 5.60 Å². The molecule has 0 saturated carbocycles. The first-order chi connectivity index (χ1) is 13.6. The van der Waals surface area contributed by atoms with Crippen LogP contribution < -0.4 is 5.32 Å². The van der Waals surface area contributed by atoms with Gasteiger partial charge in [-0.05, 0) is 36.6 Å². The van der Waals surface area contributed by atoms with E-state index in [0.29, 0.717) is 6.61 Å². The number of aromatic nitrogens is 2. The van der Waals surface area contributed by atoms with Gasteiger partial charge < -0.3 is 10.1 Å². The largest absolute Gasteiger partial charge is 0.369 e. The van der Waals surface area contributed by atoms with E-state index in [2.05, 4.69) is 56.4 Å². The molecule has 1 N–H and O–H groups in total. The van der Waals surface area contributed by atoms with Crippen LogP contribution in [0.3, 0.4) is 0 Å². The normalized spacial score (nSPS) is 19.0. The molecule has 0 spiro atoms. The van der Waals surface area contributed by atoms with Gasteiger partial charge in [0.25, 0.3) is 0 Å². The minimum Gasteiger partial charge on any atom is -0.369 e. The Kier molecular flexibility index (Phi) is 5.90. The molecule has 1 atom stereocenters. The molecule has 6 heteroatoms. The Morgan fingerprint density at radius 1 is 1.21 bits per heavy atom. The third-order valence-corrected chi connectivity index (χ3v) is 7.22. The van der Waals surface area contributed by atoms with Crippen molar-refractivity contribution in [3.63, 3.8) is 0 Å². The minimum atomic E-state index is -0.0981. The number of rotatable bonds is 7. The summed E-state index contributed by atoms with van der Waals surface area (Å²) in [6.07, 6.45) is 2.91. The summed E-state index contributed by atoms with van der Waals surface area (Å²) in [5.41, 5.74) is 2.62. The Bertz CT molecular complexity index is 957. The van der Waals surface area contributed by atoms with Gasteiger partial charge in [0.2, 0.25) is 0 Å². The number of nitrogens with one attached hydrogen (secondary N) is 1. The lowest BCUT2D eigenvalue weighted by Gasteiger charge is -2.33. The van der Waals surface area contributed by atoms with E-state index in [1.54, 1.807) is 23.1 Å². The molecular formula is C22H27N3OS2. The molecule has 28 heavy (non-hydrogen) atoms. The van der Waals surface area contributed by atoms with Crippen LogP contribution in [0.5, 0.6) is 0 Å². The molecule has 0 saturated heterocycles. The maximum atomic E-state index is 6.16. The van der Waals surface area contributed by atoms with E-state index >= 15 is 0 Å². The SMILES string of the molecule is CCSc1nc(NCCc2ccccc2)c2c3c(sc2n1)CO[C@](C)(CC)C3. The highest BCUT2D eigenvalue weighted by Gasteiger charge is 2.33. The van der Waals surface area contributed by atoms with Crippen LogP contribution in [0.2, 0.25) is 0 Å². The van der Waals surface area contributed by atoms with Crippen molar-refractivity contribution >= 4 is 39.1 Å². The number of thiophene rings is 1. The lowest BCUT2D eigenvalue weighted by Crippen LogP contribution is -2.34. The van der Waals surface area contributed by atoms with Crippen LogP contribution in [0.1, 0.15) is 43.2 Å². The van der Waals surface area contributed by atoms with Crippen molar-refractivity contribution < 1.29 is 4.74 Å². The van der Waals surface area contributed by atoms with Crippen LogP contribution in [-0.2, 0) is 24.2 Å². The zero-order chi connectivity index (χ0) is 19.6. The molecule has 1 aliphatic rings. The third-order valence-electron chi connectivity index (χ3n) is 5.39. The van der Waals surface area contributed by atoms with Crippen molar-refractivity contribution in [2.24, 2.45) is 0 Å². The molecule has 0 aliphatic carbocycles. The Morgan fingerprint density at radius 3 is 2.79 bits per heavy atom. The molecule has 3 aromatic rings. The van der Waals surface area contributed by atoms with Crippen molar-refractivity contribution in [3.05, 3.63) is 46.3 Å². The first-order valence-corrected chi connectivity index (χ1v) is 11.8. The molecule has 4 rings (SSSR count). The van der Waals surface area contributed by atoms with Crippen LogP contribution in [0, 0.1) is 0 Å². The number of ether oxygens (including phenoxy) is 1. The standard InChI is InChI=1S/C22H27N3OS2/c1-4-22(3)13-16-17(14-26-22)28-20-18(16)19(24-21(25-20)27-5-2)23-12-11-15-9-7-6-8-10-15/h6-10H,4-5,11-14H2,1-3H3,(H,23,24,25)/t22-/m1/s1. The monoisotopic (exact) mass is 413 g/mol. The third kappa shape index (κ3) is 4.04. The maximum Gasteiger partial charge on any atom is 0.190 e. The highest BCUT2D eigenvalue weighted by molar-refractivity contribution is 7.99. The average Bonchev–Trinajstić information content (AvgIpc) is 3.06. The summed E-state index contributed by atoms with van der Waals surface area (Å²) in [4.78, 5) is 12.1. The zero-order valence-corrected chi connectivity index (χ0v) is 18.4. The summed E-state index contributed by atoms with van der Waals surface area (Å²) in [7, 11) is 0. The molecule has 2 aromatic heterocycles. The lowest BCUT2D eigenvalue weighted by atomic mass is 9.90. The van der Waals surface area contributed by atoms with Crippen LogP contribution in [0.4, 0.5) is 5.82 Å². The molecule has 0 amide bonds. The summed E-state index contributed by atoms with van der Waals surface area (Å²) in [6, 6.07) is 10.6. The molecule has 0 fully saturated rings.